The van der Waals surface area contributed by atoms with E-state index in [-0.39, 0.29) is 18.4 Å². The number of amides is 1. The van der Waals surface area contributed by atoms with Crippen LogP contribution in [0.25, 0.3) is 10.2 Å². The minimum atomic E-state index is -3.24. The second-order valence-electron chi connectivity index (χ2n) is 6.23. The van der Waals surface area contributed by atoms with Gasteiger partial charge in [0.1, 0.15) is 5.01 Å². The number of fused-ring (bicyclic) bond motifs is 1. The van der Waals surface area contributed by atoms with Gasteiger partial charge < -0.3 is 4.90 Å². The molecule has 3 rings (SSSR count). The molecule has 0 bridgehead atoms. The van der Waals surface area contributed by atoms with Crippen molar-refractivity contribution in [1.29, 1.82) is 0 Å². The van der Waals surface area contributed by atoms with Gasteiger partial charge in [0, 0.05) is 20.1 Å². The summed E-state index contributed by atoms with van der Waals surface area (Å²) in [6.45, 7) is 1.24. The van der Waals surface area contributed by atoms with Crippen LogP contribution in [0, 0.1) is 5.92 Å². The molecule has 0 radical (unpaired) electrons. The Morgan fingerprint density at radius 2 is 2.17 bits per heavy atom. The van der Waals surface area contributed by atoms with E-state index in [0.29, 0.717) is 13.1 Å². The van der Waals surface area contributed by atoms with Gasteiger partial charge in [-0.05, 0) is 25.0 Å². The van der Waals surface area contributed by atoms with Crippen molar-refractivity contribution in [3.8, 4) is 0 Å². The van der Waals surface area contributed by atoms with Crippen LogP contribution in [0.1, 0.15) is 17.8 Å². The Morgan fingerprint density at radius 1 is 1.42 bits per heavy atom. The second-order valence-corrected chi connectivity index (χ2v) is 9.33. The lowest BCUT2D eigenvalue weighted by Crippen LogP contribution is -2.45. The van der Waals surface area contributed by atoms with E-state index >= 15 is 0 Å². The first-order valence-electron chi connectivity index (χ1n) is 7.89. The molecule has 1 fully saturated rings. The number of benzene rings is 1. The molecule has 1 aromatic heterocycles. The molecule has 1 atom stereocenters. The number of para-hydroxylation sites is 1. The molecule has 1 aliphatic rings. The van der Waals surface area contributed by atoms with Gasteiger partial charge in [-0.25, -0.2) is 17.7 Å². The van der Waals surface area contributed by atoms with Crippen LogP contribution in [0.5, 0.6) is 0 Å². The summed E-state index contributed by atoms with van der Waals surface area (Å²) in [6, 6.07) is 7.90. The highest BCUT2D eigenvalue weighted by Gasteiger charge is 2.31. The molecular weight excluding hydrogens is 346 g/mol. The smallest absolute Gasteiger partial charge is 0.227 e. The molecule has 0 aliphatic carbocycles. The summed E-state index contributed by atoms with van der Waals surface area (Å²) in [6.07, 6.45) is 2.65. The Hall–Kier alpha value is -1.51. The summed E-state index contributed by atoms with van der Waals surface area (Å²) in [7, 11) is -1.48. The third-order valence-corrected chi connectivity index (χ3v) is 6.58. The van der Waals surface area contributed by atoms with Crippen molar-refractivity contribution in [2.75, 3.05) is 26.4 Å². The Bertz CT molecular complexity index is 814. The zero-order chi connectivity index (χ0) is 17.3. The maximum Gasteiger partial charge on any atom is 0.227 e. The number of hydrogen-bond donors (Lipinski definition) is 0. The molecule has 6 nitrogen and oxygen atoms in total. The summed E-state index contributed by atoms with van der Waals surface area (Å²) in [5, 5.41) is 0.892. The molecular formula is C16H21N3O3S2. The zero-order valence-corrected chi connectivity index (χ0v) is 15.4. The molecule has 1 amide bonds. The average Bonchev–Trinajstić information content (AvgIpc) is 2.95. The van der Waals surface area contributed by atoms with Crippen LogP contribution in [0.4, 0.5) is 0 Å². The number of carbonyl (C=O) groups excluding carboxylic acids is 1. The fourth-order valence-electron chi connectivity index (χ4n) is 3.03. The van der Waals surface area contributed by atoms with Crippen molar-refractivity contribution in [1.82, 2.24) is 14.2 Å². The Balaban J connectivity index is 1.67. The van der Waals surface area contributed by atoms with Crippen LogP contribution < -0.4 is 0 Å². The fourth-order valence-corrected chi connectivity index (χ4v) is 4.96. The second kappa shape index (κ2) is 6.78. The van der Waals surface area contributed by atoms with Crippen LogP contribution in [-0.2, 0) is 21.4 Å². The van der Waals surface area contributed by atoms with Crippen LogP contribution in [0.15, 0.2) is 24.3 Å². The van der Waals surface area contributed by atoms with Crippen LogP contribution in [0.3, 0.4) is 0 Å². The van der Waals surface area contributed by atoms with Gasteiger partial charge in [0.15, 0.2) is 0 Å². The molecule has 8 heteroatoms. The van der Waals surface area contributed by atoms with Crippen molar-refractivity contribution >= 4 is 37.5 Å². The quantitative estimate of drug-likeness (QED) is 0.828. The van der Waals surface area contributed by atoms with Gasteiger partial charge in [0.05, 0.1) is 28.9 Å². The topological polar surface area (TPSA) is 70.6 Å². The van der Waals surface area contributed by atoms with Gasteiger partial charge >= 0.3 is 0 Å². The van der Waals surface area contributed by atoms with E-state index in [4.69, 9.17) is 0 Å². The normalized spacial score (nSPS) is 19.5. The fraction of sp³-hybridized carbons (Fsp3) is 0.500. The van der Waals surface area contributed by atoms with Gasteiger partial charge in [-0.1, -0.05) is 12.1 Å². The monoisotopic (exact) mass is 367 g/mol. The molecule has 0 N–H and O–H groups in total. The molecule has 24 heavy (non-hydrogen) atoms. The lowest BCUT2D eigenvalue weighted by Gasteiger charge is -2.32. The van der Waals surface area contributed by atoms with E-state index in [1.165, 1.54) is 10.6 Å². The van der Waals surface area contributed by atoms with Crippen molar-refractivity contribution in [2.45, 2.75) is 19.4 Å². The number of piperidine rings is 1. The van der Waals surface area contributed by atoms with Crippen LogP contribution in [0.2, 0.25) is 0 Å². The van der Waals surface area contributed by atoms with E-state index in [9.17, 15) is 13.2 Å². The molecule has 2 aromatic rings. The highest BCUT2D eigenvalue weighted by atomic mass is 32.2. The minimum absolute atomic E-state index is 0.0115. The molecule has 0 saturated carbocycles. The SMILES string of the molecule is CN(Cc1nc2ccccc2s1)C(=O)C1CCCN(S(C)(=O)=O)C1. The van der Waals surface area contributed by atoms with Crippen molar-refractivity contribution in [3.63, 3.8) is 0 Å². The van der Waals surface area contributed by atoms with E-state index in [2.05, 4.69) is 4.98 Å². The summed E-state index contributed by atoms with van der Waals surface area (Å²) < 4.78 is 25.9. The number of aromatic nitrogens is 1. The molecule has 2 heterocycles. The minimum Gasteiger partial charge on any atom is -0.339 e. The van der Waals surface area contributed by atoms with Crippen LogP contribution in [-0.4, -0.2) is 54.9 Å². The largest absolute Gasteiger partial charge is 0.339 e. The molecule has 1 aromatic carbocycles. The zero-order valence-electron chi connectivity index (χ0n) is 13.8. The van der Waals surface area contributed by atoms with Crippen LogP contribution >= 0.6 is 11.3 Å². The van der Waals surface area contributed by atoms with Gasteiger partial charge in [0.2, 0.25) is 15.9 Å². The molecule has 1 unspecified atom stereocenters. The van der Waals surface area contributed by atoms with Gasteiger partial charge in [-0.15, -0.1) is 11.3 Å². The number of rotatable bonds is 4. The van der Waals surface area contributed by atoms with E-state index in [0.717, 1.165) is 28.1 Å². The standard InChI is InChI=1S/C16H21N3O3S2/c1-18(11-15-17-13-7-3-4-8-14(13)23-15)16(20)12-6-5-9-19(10-12)24(2,21)22/h3-4,7-8,12H,5-6,9-11H2,1-2H3. The molecule has 130 valence electrons. The van der Waals surface area contributed by atoms with E-state index < -0.39 is 10.0 Å². The first-order chi connectivity index (χ1) is 11.3. The average molecular weight is 367 g/mol. The highest BCUT2D eigenvalue weighted by molar-refractivity contribution is 7.88. The van der Waals surface area contributed by atoms with Gasteiger partial charge in [0.25, 0.3) is 0 Å². The lowest BCUT2D eigenvalue weighted by molar-refractivity contribution is -0.135. The maximum absolute atomic E-state index is 12.7. The van der Waals surface area contributed by atoms with Crippen molar-refractivity contribution in [3.05, 3.63) is 29.3 Å². The Morgan fingerprint density at radius 3 is 2.88 bits per heavy atom. The predicted molar refractivity (Wildman–Crippen MR) is 95.2 cm³/mol. The summed E-state index contributed by atoms with van der Waals surface area (Å²) in [4.78, 5) is 18.9. The summed E-state index contributed by atoms with van der Waals surface area (Å²) >= 11 is 1.58. The number of carbonyl (C=O) groups is 1. The maximum atomic E-state index is 12.7. The lowest BCUT2D eigenvalue weighted by atomic mass is 9.98. The van der Waals surface area contributed by atoms with E-state index in [1.54, 1.807) is 23.3 Å². The molecule has 1 aliphatic heterocycles. The summed E-state index contributed by atoms with van der Waals surface area (Å²) in [5.74, 6) is -0.282. The third kappa shape index (κ3) is 3.76. The molecule has 0 spiro atoms. The predicted octanol–water partition coefficient (Wildman–Crippen LogP) is 1.93. The van der Waals surface area contributed by atoms with E-state index in [1.807, 2.05) is 24.3 Å². The van der Waals surface area contributed by atoms with Crippen molar-refractivity contribution in [2.24, 2.45) is 5.92 Å². The number of hydrogen-bond acceptors (Lipinski definition) is 5. The Labute approximate surface area is 146 Å². The summed E-state index contributed by atoms with van der Waals surface area (Å²) in [5.41, 5.74) is 0.944. The highest BCUT2D eigenvalue weighted by Crippen LogP contribution is 2.24. The number of thiazole rings is 1. The number of sulfonamides is 1. The Kier molecular flexibility index (Phi) is 4.89. The van der Waals surface area contributed by atoms with Gasteiger partial charge in [-0.2, -0.15) is 0 Å². The van der Waals surface area contributed by atoms with Crippen molar-refractivity contribution < 1.29 is 13.2 Å². The van der Waals surface area contributed by atoms with Gasteiger partial charge in [-0.3, -0.25) is 4.79 Å². The first-order valence-corrected chi connectivity index (χ1v) is 10.6. The third-order valence-electron chi connectivity index (χ3n) is 4.29. The first kappa shape index (κ1) is 17.3. The molecule has 1 saturated heterocycles. The number of nitrogens with zero attached hydrogens (tertiary/aromatic N) is 3.